The van der Waals surface area contributed by atoms with Gasteiger partial charge in [-0.2, -0.15) is 13.2 Å². The van der Waals surface area contributed by atoms with E-state index in [1.54, 1.807) is 0 Å². The maximum atomic E-state index is 13.0. The van der Waals surface area contributed by atoms with E-state index in [0.29, 0.717) is 5.75 Å². The van der Waals surface area contributed by atoms with Gasteiger partial charge in [-0.3, -0.25) is 0 Å². The van der Waals surface area contributed by atoms with Crippen molar-refractivity contribution in [2.75, 3.05) is 18.9 Å². The number of amides is 2. The van der Waals surface area contributed by atoms with E-state index < -0.39 is 29.9 Å². The fraction of sp³-hybridized carbons (Fsp3) is 0.278. The van der Waals surface area contributed by atoms with Gasteiger partial charge in [0.15, 0.2) is 0 Å². The first kappa shape index (κ1) is 17.9. The molecule has 26 heavy (non-hydrogen) atoms. The smallest absolute Gasteiger partial charge is 0.416 e. The zero-order valence-electron chi connectivity index (χ0n) is 14.0. The van der Waals surface area contributed by atoms with Gasteiger partial charge in [-0.25, -0.2) is 4.79 Å². The van der Waals surface area contributed by atoms with Crippen LogP contribution in [0, 0.1) is 0 Å². The average Bonchev–Trinajstić information content (AvgIpc) is 2.60. The molecule has 0 fully saturated rings. The van der Waals surface area contributed by atoms with Crippen LogP contribution in [-0.4, -0.2) is 30.6 Å². The lowest BCUT2D eigenvalue weighted by atomic mass is 9.98. The Morgan fingerprint density at radius 1 is 1.23 bits per heavy atom. The summed E-state index contributed by atoms with van der Waals surface area (Å²) >= 11 is 0. The van der Waals surface area contributed by atoms with Crippen molar-refractivity contribution in [3.8, 4) is 5.75 Å². The molecule has 2 unspecified atom stereocenters. The standard InChI is InChI=1S/C18H18F3N3O2/c1-24(17(22)25)10-14-16(11-5-3-2-4-6-11)26-15-8-7-12(18(19,20)21)9-13(15)23-14/h2-9,14,16,23H,10H2,1H3,(H2,22,25). The van der Waals surface area contributed by atoms with Gasteiger partial charge in [0.1, 0.15) is 11.9 Å². The highest BCUT2D eigenvalue weighted by molar-refractivity contribution is 5.72. The van der Waals surface area contributed by atoms with Crippen LogP contribution in [-0.2, 0) is 6.18 Å². The number of carbonyl (C=O) groups excluding carboxylic acids is 1. The number of ether oxygens (including phenoxy) is 1. The van der Waals surface area contributed by atoms with Crippen LogP contribution in [0.15, 0.2) is 48.5 Å². The third-order valence-corrected chi connectivity index (χ3v) is 4.24. The molecule has 1 aliphatic heterocycles. The molecule has 0 aromatic heterocycles. The summed E-state index contributed by atoms with van der Waals surface area (Å²) in [5, 5.41) is 3.07. The Hall–Kier alpha value is -2.90. The number of nitrogens with one attached hydrogen (secondary N) is 1. The molecule has 3 rings (SSSR count). The van der Waals surface area contributed by atoms with Crippen molar-refractivity contribution >= 4 is 11.7 Å². The molecule has 0 radical (unpaired) electrons. The topological polar surface area (TPSA) is 67.6 Å². The van der Waals surface area contributed by atoms with Crippen LogP contribution in [0.1, 0.15) is 17.2 Å². The molecule has 0 spiro atoms. The predicted molar refractivity (Wildman–Crippen MR) is 90.9 cm³/mol. The van der Waals surface area contributed by atoms with Crippen molar-refractivity contribution in [2.45, 2.75) is 18.3 Å². The van der Waals surface area contributed by atoms with Gasteiger partial charge in [-0.05, 0) is 23.8 Å². The van der Waals surface area contributed by atoms with Crippen LogP contribution < -0.4 is 15.8 Å². The van der Waals surface area contributed by atoms with Gasteiger partial charge in [-0.1, -0.05) is 30.3 Å². The third-order valence-electron chi connectivity index (χ3n) is 4.24. The Bertz CT molecular complexity index is 796. The lowest BCUT2D eigenvalue weighted by Crippen LogP contribution is -2.46. The van der Waals surface area contributed by atoms with E-state index in [9.17, 15) is 18.0 Å². The summed E-state index contributed by atoms with van der Waals surface area (Å²) in [5.41, 5.74) is 5.58. The number of rotatable bonds is 3. The van der Waals surface area contributed by atoms with Gasteiger partial charge >= 0.3 is 12.2 Å². The molecule has 8 heteroatoms. The number of carbonyl (C=O) groups is 1. The van der Waals surface area contributed by atoms with E-state index in [2.05, 4.69) is 5.32 Å². The van der Waals surface area contributed by atoms with E-state index in [1.165, 1.54) is 18.0 Å². The molecule has 0 bridgehead atoms. The van der Waals surface area contributed by atoms with Crippen LogP contribution in [0.4, 0.5) is 23.7 Å². The molecule has 3 N–H and O–H groups in total. The molecular weight excluding hydrogens is 347 g/mol. The van der Waals surface area contributed by atoms with E-state index in [1.807, 2.05) is 30.3 Å². The lowest BCUT2D eigenvalue weighted by Gasteiger charge is -2.37. The van der Waals surface area contributed by atoms with Crippen LogP contribution in [0.3, 0.4) is 0 Å². The molecule has 0 aliphatic carbocycles. The number of likely N-dealkylation sites (N-methyl/N-ethyl adjacent to an activating group) is 1. The zero-order valence-corrected chi connectivity index (χ0v) is 14.0. The average molecular weight is 365 g/mol. The minimum Gasteiger partial charge on any atom is -0.481 e. The maximum Gasteiger partial charge on any atom is 0.416 e. The van der Waals surface area contributed by atoms with Crippen LogP contribution in [0.5, 0.6) is 5.75 Å². The number of nitrogens with zero attached hydrogens (tertiary/aromatic N) is 1. The molecule has 138 valence electrons. The number of nitrogens with two attached hydrogens (primary N) is 1. The summed E-state index contributed by atoms with van der Waals surface area (Å²) in [6, 6.07) is 11.5. The van der Waals surface area contributed by atoms with Crippen molar-refractivity contribution in [1.29, 1.82) is 0 Å². The summed E-state index contributed by atoms with van der Waals surface area (Å²) < 4.78 is 44.9. The Kier molecular flexibility index (Phi) is 4.67. The summed E-state index contributed by atoms with van der Waals surface area (Å²) in [6.45, 7) is 0.171. The molecule has 2 amide bonds. The van der Waals surface area contributed by atoms with Gasteiger partial charge in [-0.15, -0.1) is 0 Å². The zero-order chi connectivity index (χ0) is 18.9. The van der Waals surface area contributed by atoms with Crippen LogP contribution >= 0.6 is 0 Å². The summed E-state index contributed by atoms with van der Waals surface area (Å²) in [5.74, 6) is 0.324. The molecular formula is C18H18F3N3O2. The van der Waals surface area contributed by atoms with Gasteiger partial charge in [0.25, 0.3) is 0 Å². The molecule has 0 saturated carbocycles. The molecule has 2 aromatic carbocycles. The Labute approximate surface area is 148 Å². The Morgan fingerprint density at radius 2 is 1.92 bits per heavy atom. The number of benzene rings is 2. The first-order valence-corrected chi connectivity index (χ1v) is 7.95. The Morgan fingerprint density at radius 3 is 2.54 bits per heavy atom. The van der Waals surface area contributed by atoms with Gasteiger partial charge in [0.2, 0.25) is 0 Å². The van der Waals surface area contributed by atoms with E-state index in [0.717, 1.165) is 17.7 Å². The fourth-order valence-corrected chi connectivity index (χ4v) is 2.89. The highest BCUT2D eigenvalue weighted by atomic mass is 19.4. The predicted octanol–water partition coefficient (Wildman–Crippen LogP) is 3.63. The molecule has 2 aromatic rings. The highest BCUT2D eigenvalue weighted by Crippen LogP contribution is 2.41. The van der Waals surface area contributed by atoms with Crippen molar-refractivity contribution in [3.63, 3.8) is 0 Å². The molecule has 0 saturated heterocycles. The third kappa shape index (κ3) is 3.68. The molecule has 2 atom stereocenters. The van der Waals surface area contributed by atoms with Gasteiger partial charge in [0.05, 0.1) is 17.3 Å². The van der Waals surface area contributed by atoms with Crippen LogP contribution in [0.25, 0.3) is 0 Å². The number of alkyl halides is 3. The number of anilines is 1. The fourth-order valence-electron chi connectivity index (χ4n) is 2.89. The first-order valence-electron chi connectivity index (χ1n) is 7.95. The number of primary amides is 1. The monoisotopic (exact) mass is 365 g/mol. The second kappa shape index (κ2) is 6.78. The van der Waals surface area contributed by atoms with E-state index in [4.69, 9.17) is 10.5 Å². The second-order valence-electron chi connectivity index (χ2n) is 6.13. The van der Waals surface area contributed by atoms with Gasteiger partial charge < -0.3 is 20.7 Å². The maximum absolute atomic E-state index is 13.0. The highest BCUT2D eigenvalue weighted by Gasteiger charge is 2.35. The SMILES string of the molecule is CN(CC1Nc2cc(C(F)(F)F)ccc2OC1c1ccccc1)C(N)=O. The molecule has 1 aliphatic rings. The summed E-state index contributed by atoms with van der Waals surface area (Å²) in [4.78, 5) is 12.7. The first-order chi connectivity index (χ1) is 12.3. The van der Waals surface area contributed by atoms with E-state index >= 15 is 0 Å². The van der Waals surface area contributed by atoms with Crippen LogP contribution in [0.2, 0.25) is 0 Å². The van der Waals surface area contributed by atoms with Crippen molar-refractivity contribution in [3.05, 3.63) is 59.7 Å². The largest absolute Gasteiger partial charge is 0.481 e. The quantitative estimate of drug-likeness (QED) is 0.873. The minimum atomic E-state index is -4.45. The van der Waals surface area contributed by atoms with Crippen molar-refractivity contribution < 1.29 is 22.7 Å². The Balaban J connectivity index is 1.96. The number of halogens is 3. The number of urea groups is 1. The molecule has 1 heterocycles. The number of hydrogen-bond donors (Lipinski definition) is 2. The van der Waals surface area contributed by atoms with Crippen molar-refractivity contribution in [1.82, 2.24) is 4.90 Å². The number of hydrogen-bond acceptors (Lipinski definition) is 3. The number of fused-ring (bicyclic) bond motifs is 1. The normalized spacial score (nSPS) is 19.1. The minimum absolute atomic E-state index is 0.171. The molecule has 5 nitrogen and oxygen atoms in total. The van der Waals surface area contributed by atoms with E-state index in [-0.39, 0.29) is 12.2 Å². The lowest BCUT2D eigenvalue weighted by molar-refractivity contribution is -0.137. The summed E-state index contributed by atoms with van der Waals surface area (Å²) in [7, 11) is 1.52. The summed E-state index contributed by atoms with van der Waals surface area (Å²) in [6.07, 6.45) is -4.94. The van der Waals surface area contributed by atoms with Gasteiger partial charge in [0, 0.05) is 13.6 Å². The second-order valence-corrected chi connectivity index (χ2v) is 6.13. The van der Waals surface area contributed by atoms with Crippen molar-refractivity contribution in [2.24, 2.45) is 5.73 Å².